The third-order valence-electron chi connectivity index (χ3n) is 3.33. The SMILES string of the molecule is O=C1NC(=O)N(c2cccc(F)c2)C(=O)/C1=C/c1cccc(F)c1. The summed E-state index contributed by atoms with van der Waals surface area (Å²) in [5.74, 6) is -2.99. The molecule has 1 aliphatic rings. The number of anilines is 1. The molecule has 0 aliphatic carbocycles. The predicted octanol–water partition coefficient (Wildman–Crippen LogP) is 2.63. The van der Waals surface area contributed by atoms with Gasteiger partial charge in [-0.1, -0.05) is 18.2 Å². The Balaban J connectivity index is 2.03. The van der Waals surface area contributed by atoms with E-state index in [1.807, 2.05) is 5.32 Å². The van der Waals surface area contributed by atoms with Crippen LogP contribution in [-0.4, -0.2) is 17.8 Å². The Hall–Kier alpha value is -3.35. The number of halogens is 2. The fourth-order valence-corrected chi connectivity index (χ4v) is 2.27. The molecule has 1 fully saturated rings. The van der Waals surface area contributed by atoms with Crippen molar-refractivity contribution < 1.29 is 23.2 Å². The standard InChI is InChI=1S/C17H10F2N2O3/c18-11-4-1-3-10(7-11)8-14-15(22)20-17(24)21(16(14)23)13-6-2-5-12(19)9-13/h1-9H,(H,20,22,24)/b14-8+. The van der Waals surface area contributed by atoms with Crippen molar-refractivity contribution in [3.05, 3.63) is 71.3 Å². The molecule has 1 aliphatic heterocycles. The van der Waals surface area contributed by atoms with Gasteiger partial charge in [-0.15, -0.1) is 0 Å². The number of barbiturate groups is 1. The highest BCUT2D eigenvalue weighted by molar-refractivity contribution is 6.39. The van der Waals surface area contributed by atoms with Gasteiger partial charge in [0.15, 0.2) is 0 Å². The van der Waals surface area contributed by atoms with Gasteiger partial charge in [-0.3, -0.25) is 14.9 Å². The van der Waals surface area contributed by atoms with Gasteiger partial charge in [-0.25, -0.2) is 18.5 Å². The second-order valence-corrected chi connectivity index (χ2v) is 4.99. The van der Waals surface area contributed by atoms with Gasteiger partial charge in [0.05, 0.1) is 5.69 Å². The summed E-state index contributed by atoms with van der Waals surface area (Å²) in [6.07, 6.45) is 1.17. The van der Waals surface area contributed by atoms with Gasteiger partial charge in [0.2, 0.25) is 0 Å². The molecule has 2 aromatic carbocycles. The molecule has 0 aromatic heterocycles. The number of hydrogen-bond acceptors (Lipinski definition) is 3. The molecule has 3 rings (SSSR count). The molecular weight excluding hydrogens is 318 g/mol. The quantitative estimate of drug-likeness (QED) is 0.681. The zero-order valence-corrected chi connectivity index (χ0v) is 12.1. The van der Waals surface area contributed by atoms with E-state index in [-0.39, 0.29) is 16.8 Å². The van der Waals surface area contributed by atoms with Crippen LogP contribution in [0.3, 0.4) is 0 Å². The number of benzene rings is 2. The van der Waals surface area contributed by atoms with Crippen LogP contribution >= 0.6 is 0 Å². The first kappa shape index (κ1) is 15.5. The van der Waals surface area contributed by atoms with E-state index in [0.717, 1.165) is 18.2 Å². The Bertz CT molecular complexity index is 893. The molecule has 0 saturated carbocycles. The fourth-order valence-electron chi connectivity index (χ4n) is 2.27. The van der Waals surface area contributed by atoms with E-state index in [1.54, 1.807) is 0 Å². The van der Waals surface area contributed by atoms with E-state index in [9.17, 15) is 23.2 Å². The molecule has 0 spiro atoms. The van der Waals surface area contributed by atoms with Gasteiger partial charge in [-0.05, 0) is 42.0 Å². The fraction of sp³-hybridized carbons (Fsp3) is 0. The molecule has 120 valence electrons. The summed E-state index contributed by atoms with van der Waals surface area (Å²) < 4.78 is 26.6. The maximum atomic E-state index is 13.3. The van der Waals surface area contributed by atoms with Gasteiger partial charge < -0.3 is 0 Å². The van der Waals surface area contributed by atoms with Crippen LogP contribution in [0.15, 0.2) is 54.1 Å². The molecule has 24 heavy (non-hydrogen) atoms. The summed E-state index contributed by atoms with van der Waals surface area (Å²) >= 11 is 0. The number of nitrogens with one attached hydrogen (secondary N) is 1. The smallest absolute Gasteiger partial charge is 0.273 e. The van der Waals surface area contributed by atoms with Crippen LogP contribution in [-0.2, 0) is 9.59 Å². The van der Waals surface area contributed by atoms with Crippen molar-refractivity contribution in [1.29, 1.82) is 0 Å². The first-order valence-electron chi connectivity index (χ1n) is 6.88. The van der Waals surface area contributed by atoms with Crippen LogP contribution in [0.2, 0.25) is 0 Å². The lowest BCUT2D eigenvalue weighted by molar-refractivity contribution is -0.122. The van der Waals surface area contributed by atoms with Crippen LogP contribution in [0.1, 0.15) is 5.56 Å². The topological polar surface area (TPSA) is 66.5 Å². The lowest BCUT2D eigenvalue weighted by Crippen LogP contribution is -2.54. The Morgan fingerprint density at radius 3 is 2.25 bits per heavy atom. The molecule has 2 aromatic rings. The minimum Gasteiger partial charge on any atom is -0.273 e. The van der Waals surface area contributed by atoms with E-state index in [0.29, 0.717) is 4.90 Å². The molecule has 0 unspecified atom stereocenters. The molecular formula is C17H10F2N2O3. The Labute approximate surface area is 135 Å². The summed E-state index contributed by atoms with van der Waals surface area (Å²) in [5, 5.41) is 2.01. The Morgan fingerprint density at radius 2 is 1.58 bits per heavy atom. The lowest BCUT2D eigenvalue weighted by Gasteiger charge is -2.26. The number of rotatable bonds is 2. The first-order valence-corrected chi connectivity index (χ1v) is 6.88. The molecule has 0 bridgehead atoms. The summed E-state index contributed by atoms with van der Waals surface area (Å²) in [6, 6.07) is 9.13. The van der Waals surface area contributed by atoms with Gasteiger partial charge in [0.25, 0.3) is 11.8 Å². The summed E-state index contributed by atoms with van der Waals surface area (Å²) in [7, 11) is 0. The van der Waals surface area contributed by atoms with E-state index < -0.39 is 29.5 Å². The van der Waals surface area contributed by atoms with Crippen molar-refractivity contribution in [2.45, 2.75) is 0 Å². The van der Waals surface area contributed by atoms with Crippen molar-refractivity contribution in [1.82, 2.24) is 5.32 Å². The molecule has 7 heteroatoms. The van der Waals surface area contributed by atoms with Crippen LogP contribution < -0.4 is 10.2 Å². The van der Waals surface area contributed by atoms with Crippen LogP contribution in [0.4, 0.5) is 19.3 Å². The highest BCUT2D eigenvalue weighted by Crippen LogP contribution is 2.22. The largest absolute Gasteiger partial charge is 0.335 e. The van der Waals surface area contributed by atoms with Gasteiger partial charge in [0, 0.05) is 0 Å². The first-order chi connectivity index (χ1) is 11.5. The Morgan fingerprint density at radius 1 is 0.917 bits per heavy atom. The highest BCUT2D eigenvalue weighted by Gasteiger charge is 2.36. The zero-order chi connectivity index (χ0) is 17.3. The minimum absolute atomic E-state index is 0.0184. The zero-order valence-electron chi connectivity index (χ0n) is 12.1. The van der Waals surface area contributed by atoms with Crippen molar-refractivity contribution >= 4 is 29.6 Å². The van der Waals surface area contributed by atoms with Crippen molar-refractivity contribution in [3.8, 4) is 0 Å². The van der Waals surface area contributed by atoms with E-state index in [2.05, 4.69) is 0 Å². The molecule has 1 N–H and O–H groups in total. The molecule has 5 nitrogen and oxygen atoms in total. The summed E-state index contributed by atoms with van der Waals surface area (Å²) in [4.78, 5) is 37.0. The lowest BCUT2D eigenvalue weighted by atomic mass is 10.1. The van der Waals surface area contributed by atoms with Crippen molar-refractivity contribution in [3.63, 3.8) is 0 Å². The third kappa shape index (κ3) is 2.91. The van der Waals surface area contributed by atoms with Crippen LogP contribution in [0.25, 0.3) is 6.08 Å². The summed E-state index contributed by atoms with van der Waals surface area (Å²) in [5.41, 5.74) is -0.0957. The number of imide groups is 2. The molecule has 0 radical (unpaired) electrons. The average molecular weight is 328 g/mol. The normalized spacial score (nSPS) is 16.5. The number of amides is 4. The van der Waals surface area contributed by atoms with Gasteiger partial charge >= 0.3 is 6.03 Å². The predicted molar refractivity (Wildman–Crippen MR) is 81.8 cm³/mol. The van der Waals surface area contributed by atoms with Crippen molar-refractivity contribution in [2.24, 2.45) is 0 Å². The molecule has 1 heterocycles. The van der Waals surface area contributed by atoms with E-state index in [1.165, 1.54) is 36.4 Å². The monoisotopic (exact) mass is 328 g/mol. The second kappa shape index (κ2) is 6.04. The summed E-state index contributed by atoms with van der Waals surface area (Å²) in [6.45, 7) is 0. The van der Waals surface area contributed by atoms with E-state index in [4.69, 9.17) is 0 Å². The van der Waals surface area contributed by atoms with Gasteiger partial charge in [0.1, 0.15) is 17.2 Å². The number of hydrogen-bond donors (Lipinski definition) is 1. The number of carbonyl (C=O) groups is 3. The molecule has 1 saturated heterocycles. The Kier molecular flexibility index (Phi) is 3.91. The minimum atomic E-state index is -0.980. The van der Waals surface area contributed by atoms with Crippen LogP contribution in [0, 0.1) is 11.6 Å². The van der Waals surface area contributed by atoms with E-state index >= 15 is 0 Å². The van der Waals surface area contributed by atoms with Crippen LogP contribution in [0.5, 0.6) is 0 Å². The maximum absolute atomic E-state index is 13.3. The average Bonchev–Trinajstić information content (AvgIpc) is 2.51. The van der Waals surface area contributed by atoms with Gasteiger partial charge in [-0.2, -0.15) is 0 Å². The third-order valence-corrected chi connectivity index (χ3v) is 3.33. The van der Waals surface area contributed by atoms with Crippen molar-refractivity contribution in [2.75, 3.05) is 4.90 Å². The highest BCUT2D eigenvalue weighted by atomic mass is 19.1. The number of urea groups is 1. The molecule has 0 atom stereocenters. The maximum Gasteiger partial charge on any atom is 0.335 e. The number of carbonyl (C=O) groups excluding carboxylic acids is 3. The second-order valence-electron chi connectivity index (χ2n) is 4.99. The number of nitrogens with zero attached hydrogens (tertiary/aromatic N) is 1. The molecule has 4 amide bonds.